The normalized spacial score (nSPS) is 20.6. The molecule has 1 heterocycles. The quantitative estimate of drug-likeness (QED) is 0.941. The zero-order chi connectivity index (χ0) is 14.2. The fraction of sp³-hybridized carbons (Fsp3) is 0.333. The standard InChI is InChI=1S/C15H17NO3S/c17-11-14-6-3-9-16(14)20(18,19)15-8-7-12-4-1-2-5-13(12)10-15/h1-2,4-5,7-8,10,14,17H,3,6,9,11H2/t14-/m0/s1. The predicted octanol–water partition coefficient (Wildman–Crippen LogP) is 1.99. The van der Waals surface area contributed by atoms with E-state index in [0.29, 0.717) is 11.4 Å². The van der Waals surface area contributed by atoms with Gasteiger partial charge in [-0.05, 0) is 35.7 Å². The molecule has 5 heteroatoms. The van der Waals surface area contributed by atoms with E-state index < -0.39 is 10.0 Å². The van der Waals surface area contributed by atoms with E-state index in [1.54, 1.807) is 12.1 Å². The smallest absolute Gasteiger partial charge is 0.243 e. The number of fused-ring (bicyclic) bond motifs is 1. The van der Waals surface area contributed by atoms with Crippen molar-refractivity contribution in [1.29, 1.82) is 0 Å². The molecule has 106 valence electrons. The van der Waals surface area contributed by atoms with Crippen LogP contribution in [0.5, 0.6) is 0 Å². The molecule has 0 spiro atoms. The van der Waals surface area contributed by atoms with Gasteiger partial charge in [0.05, 0.1) is 11.5 Å². The second-order valence-electron chi connectivity index (χ2n) is 5.10. The van der Waals surface area contributed by atoms with Crippen molar-refractivity contribution in [3.05, 3.63) is 42.5 Å². The maximum Gasteiger partial charge on any atom is 0.243 e. The molecule has 0 aliphatic carbocycles. The summed E-state index contributed by atoms with van der Waals surface area (Å²) in [4.78, 5) is 0.302. The number of hydrogen-bond acceptors (Lipinski definition) is 3. The van der Waals surface area contributed by atoms with E-state index >= 15 is 0 Å². The third-order valence-electron chi connectivity index (χ3n) is 3.86. The number of aliphatic hydroxyl groups is 1. The van der Waals surface area contributed by atoms with Gasteiger partial charge in [-0.3, -0.25) is 0 Å². The number of rotatable bonds is 3. The highest BCUT2D eigenvalue weighted by molar-refractivity contribution is 7.89. The largest absolute Gasteiger partial charge is 0.395 e. The number of aliphatic hydroxyl groups excluding tert-OH is 1. The second-order valence-corrected chi connectivity index (χ2v) is 6.99. The van der Waals surface area contributed by atoms with Crippen molar-refractivity contribution < 1.29 is 13.5 Å². The zero-order valence-corrected chi connectivity index (χ0v) is 11.9. The van der Waals surface area contributed by atoms with Crippen molar-refractivity contribution in [2.45, 2.75) is 23.8 Å². The molecule has 2 aromatic carbocycles. The van der Waals surface area contributed by atoms with E-state index in [1.807, 2.05) is 30.3 Å². The molecule has 1 aliphatic rings. The van der Waals surface area contributed by atoms with Crippen LogP contribution in [0.1, 0.15) is 12.8 Å². The van der Waals surface area contributed by atoms with Crippen molar-refractivity contribution in [2.24, 2.45) is 0 Å². The number of benzene rings is 2. The van der Waals surface area contributed by atoms with Gasteiger partial charge < -0.3 is 5.11 Å². The van der Waals surface area contributed by atoms with Gasteiger partial charge in [0.25, 0.3) is 0 Å². The lowest BCUT2D eigenvalue weighted by Gasteiger charge is -2.22. The van der Waals surface area contributed by atoms with Crippen LogP contribution in [0.2, 0.25) is 0 Å². The highest BCUT2D eigenvalue weighted by atomic mass is 32.2. The predicted molar refractivity (Wildman–Crippen MR) is 77.9 cm³/mol. The van der Waals surface area contributed by atoms with E-state index in [9.17, 15) is 13.5 Å². The molecule has 0 unspecified atom stereocenters. The van der Waals surface area contributed by atoms with Crippen LogP contribution in [0.3, 0.4) is 0 Å². The molecule has 1 aliphatic heterocycles. The van der Waals surface area contributed by atoms with Crippen LogP contribution in [0, 0.1) is 0 Å². The number of hydrogen-bond donors (Lipinski definition) is 1. The lowest BCUT2D eigenvalue weighted by Crippen LogP contribution is -2.37. The van der Waals surface area contributed by atoms with Crippen molar-refractivity contribution in [3.8, 4) is 0 Å². The third kappa shape index (κ3) is 2.22. The average molecular weight is 291 g/mol. The monoisotopic (exact) mass is 291 g/mol. The van der Waals surface area contributed by atoms with Gasteiger partial charge in [0, 0.05) is 12.6 Å². The van der Waals surface area contributed by atoms with Crippen molar-refractivity contribution in [2.75, 3.05) is 13.2 Å². The Morgan fingerprint density at radius 1 is 1.15 bits per heavy atom. The lowest BCUT2D eigenvalue weighted by molar-refractivity contribution is 0.213. The third-order valence-corrected chi connectivity index (χ3v) is 5.81. The maximum atomic E-state index is 12.7. The Kier molecular flexibility index (Phi) is 3.50. The molecule has 0 amide bonds. The minimum absolute atomic E-state index is 0.118. The van der Waals surface area contributed by atoms with E-state index in [4.69, 9.17) is 0 Å². The first-order valence-electron chi connectivity index (χ1n) is 6.74. The SMILES string of the molecule is O=S(=O)(c1ccc2ccccc2c1)N1CCC[C@H]1CO. The van der Waals surface area contributed by atoms with E-state index in [-0.39, 0.29) is 12.6 Å². The molecule has 0 bridgehead atoms. The van der Waals surface area contributed by atoms with E-state index in [1.165, 1.54) is 4.31 Å². The van der Waals surface area contributed by atoms with Crippen LogP contribution in [0.15, 0.2) is 47.4 Å². The Balaban J connectivity index is 2.04. The molecule has 4 nitrogen and oxygen atoms in total. The summed E-state index contributed by atoms with van der Waals surface area (Å²) in [6.07, 6.45) is 1.53. The molecule has 0 radical (unpaired) electrons. The zero-order valence-electron chi connectivity index (χ0n) is 11.1. The fourth-order valence-corrected chi connectivity index (χ4v) is 4.49. The van der Waals surface area contributed by atoms with Crippen LogP contribution < -0.4 is 0 Å². The summed E-state index contributed by atoms with van der Waals surface area (Å²) in [7, 11) is -3.52. The first kappa shape index (κ1) is 13.5. The first-order chi connectivity index (χ1) is 9.63. The summed E-state index contributed by atoms with van der Waals surface area (Å²) in [5.41, 5.74) is 0. The van der Waals surface area contributed by atoms with Crippen LogP contribution in [-0.2, 0) is 10.0 Å². The molecule has 0 aromatic heterocycles. The number of sulfonamides is 1. The van der Waals surface area contributed by atoms with Gasteiger partial charge in [0.1, 0.15) is 0 Å². The summed E-state index contributed by atoms with van der Waals surface area (Å²) in [5.74, 6) is 0. The summed E-state index contributed by atoms with van der Waals surface area (Å²) in [5, 5.41) is 11.2. The van der Waals surface area contributed by atoms with Gasteiger partial charge in [-0.25, -0.2) is 8.42 Å². The lowest BCUT2D eigenvalue weighted by atomic mass is 10.1. The first-order valence-corrected chi connectivity index (χ1v) is 8.18. The Labute approximate surface area is 118 Å². The van der Waals surface area contributed by atoms with Crippen LogP contribution >= 0.6 is 0 Å². The van der Waals surface area contributed by atoms with Crippen LogP contribution in [0.4, 0.5) is 0 Å². The minimum atomic E-state index is -3.52. The van der Waals surface area contributed by atoms with Gasteiger partial charge in [0.15, 0.2) is 0 Å². The van der Waals surface area contributed by atoms with Crippen LogP contribution in [0.25, 0.3) is 10.8 Å². The van der Waals surface area contributed by atoms with Crippen LogP contribution in [-0.4, -0.2) is 37.0 Å². The molecule has 0 saturated carbocycles. The molecule has 20 heavy (non-hydrogen) atoms. The molecular weight excluding hydrogens is 274 g/mol. The van der Waals surface area contributed by atoms with Crippen molar-refractivity contribution in [1.82, 2.24) is 4.31 Å². The van der Waals surface area contributed by atoms with Gasteiger partial charge in [-0.1, -0.05) is 30.3 Å². The fourth-order valence-electron chi connectivity index (χ4n) is 2.77. The Hall–Kier alpha value is -1.43. The molecular formula is C15H17NO3S. The van der Waals surface area contributed by atoms with Crippen molar-refractivity contribution >= 4 is 20.8 Å². The molecule has 1 N–H and O–H groups in total. The highest BCUT2D eigenvalue weighted by Crippen LogP contribution is 2.27. The Morgan fingerprint density at radius 3 is 2.65 bits per heavy atom. The van der Waals surface area contributed by atoms with Gasteiger partial charge >= 0.3 is 0 Å². The van der Waals surface area contributed by atoms with Gasteiger partial charge in [-0.15, -0.1) is 0 Å². The minimum Gasteiger partial charge on any atom is -0.395 e. The van der Waals surface area contributed by atoms with Gasteiger partial charge in [0.2, 0.25) is 10.0 Å². The molecule has 1 saturated heterocycles. The molecule has 2 aromatic rings. The molecule has 1 fully saturated rings. The maximum absolute atomic E-state index is 12.7. The van der Waals surface area contributed by atoms with Crippen molar-refractivity contribution in [3.63, 3.8) is 0 Å². The topological polar surface area (TPSA) is 57.6 Å². The van der Waals surface area contributed by atoms with E-state index in [2.05, 4.69) is 0 Å². The second kappa shape index (κ2) is 5.16. The number of nitrogens with zero attached hydrogens (tertiary/aromatic N) is 1. The summed E-state index contributed by atoms with van der Waals surface area (Å²) >= 11 is 0. The Morgan fingerprint density at radius 2 is 1.90 bits per heavy atom. The Bertz CT molecular complexity index is 727. The molecule has 3 rings (SSSR count). The summed E-state index contributed by atoms with van der Waals surface area (Å²) in [6, 6.07) is 12.6. The van der Waals surface area contributed by atoms with E-state index in [0.717, 1.165) is 23.6 Å². The highest BCUT2D eigenvalue weighted by Gasteiger charge is 2.34. The summed E-state index contributed by atoms with van der Waals surface area (Å²) < 4.78 is 26.8. The molecule has 1 atom stereocenters. The average Bonchev–Trinajstić information content (AvgIpc) is 2.96. The summed E-state index contributed by atoms with van der Waals surface area (Å²) in [6.45, 7) is 0.368. The van der Waals surface area contributed by atoms with Gasteiger partial charge in [-0.2, -0.15) is 4.31 Å².